The Labute approximate surface area is 144 Å². The van der Waals surface area contributed by atoms with Gasteiger partial charge in [0.1, 0.15) is 6.33 Å². The summed E-state index contributed by atoms with van der Waals surface area (Å²) < 4.78 is 1.84. The molecule has 1 atom stereocenters. The average Bonchev–Trinajstić information content (AvgIpc) is 3.18. The van der Waals surface area contributed by atoms with E-state index in [0.717, 1.165) is 18.5 Å². The number of nitrogens with zero attached hydrogens (tertiary/aromatic N) is 3. The van der Waals surface area contributed by atoms with Crippen LogP contribution in [0.4, 0.5) is 0 Å². The van der Waals surface area contributed by atoms with Crippen LogP contribution < -0.4 is 5.32 Å². The molecule has 1 heterocycles. The molecular weight excluding hydrogens is 332 g/mol. The Balaban J connectivity index is 1.68. The molecular formula is C16H19ClN4OS. The minimum atomic E-state index is -0.224. The zero-order valence-corrected chi connectivity index (χ0v) is 14.5. The van der Waals surface area contributed by atoms with Gasteiger partial charge in [0.2, 0.25) is 5.91 Å². The SMILES string of the molecule is C[C@@H](Sc1nncn1-c1cccc(Cl)c1)C(=O)NC1CCCC1. The van der Waals surface area contributed by atoms with E-state index >= 15 is 0 Å². The van der Waals surface area contributed by atoms with Crippen molar-refractivity contribution in [2.45, 2.75) is 49.1 Å². The van der Waals surface area contributed by atoms with E-state index in [1.165, 1.54) is 24.6 Å². The largest absolute Gasteiger partial charge is 0.352 e. The van der Waals surface area contributed by atoms with Crippen LogP contribution in [-0.4, -0.2) is 32.0 Å². The molecule has 1 fully saturated rings. The van der Waals surface area contributed by atoms with Gasteiger partial charge < -0.3 is 5.32 Å². The number of carbonyl (C=O) groups excluding carboxylic acids is 1. The summed E-state index contributed by atoms with van der Waals surface area (Å²) in [4.78, 5) is 12.3. The highest BCUT2D eigenvalue weighted by Crippen LogP contribution is 2.26. The normalized spacial score (nSPS) is 16.4. The van der Waals surface area contributed by atoms with Gasteiger partial charge in [-0.15, -0.1) is 10.2 Å². The first-order chi connectivity index (χ1) is 11.1. The highest BCUT2D eigenvalue weighted by atomic mass is 35.5. The fourth-order valence-electron chi connectivity index (χ4n) is 2.71. The highest BCUT2D eigenvalue weighted by Gasteiger charge is 2.23. The molecule has 0 unspecified atom stereocenters. The number of hydrogen-bond donors (Lipinski definition) is 1. The lowest BCUT2D eigenvalue weighted by Crippen LogP contribution is -2.37. The molecule has 0 radical (unpaired) electrons. The van der Waals surface area contributed by atoms with E-state index in [1.807, 2.05) is 35.8 Å². The van der Waals surface area contributed by atoms with E-state index in [0.29, 0.717) is 16.2 Å². The van der Waals surface area contributed by atoms with E-state index in [4.69, 9.17) is 11.6 Å². The van der Waals surface area contributed by atoms with Crippen molar-refractivity contribution in [3.8, 4) is 5.69 Å². The van der Waals surface area contributed by atoms with Crippen molar-refractivity contribution in [3.63, 3.8) is 0 Å². The van der Waals surface area contributed by atoms with Gasteiger partial charge in [0, 0.05) is 11.1 Å². The maximum Gasteiger partial charge on any atom is 0.233 e. The monoisotopic (exact) mass is 350 g/mol. The smallest absolute Gasteiger partial charge is 0.233 e. The molecule has 1 saturated carbocycles. The molecule has 1 aromatic heterocycles. The third-order valence-corrected chi connectivity index (χ3v) is 5.25. The molecule has 23 heavy (non-hydrogen) atoms. The first-order valence-electron chi connectivity index (χ1n) is 7.76. The van der Waals surface area contributed by atoms with Gasteiger partial charge >= 0.3 is 0 Å². The molecule has 5 nitrogen and oxygen atoms in total. The van der Waals surface area contributed by atoms with Crippen LogP contribution in [0.1, 0.15) is 32.6 Å². The number of rotatable bonds is 5. The van der Waals surface area contributed by atoms with Crippen molar-refractivity contribution in [2.75, 3.05) is 0 Å². The second kappa shape index (κ2) is 7.36. The standard InChI is InChI=1S/C16H19ClN4OS/c1-11(15(22)19-13-6-2-3-7-13)23-16-20-18-10-21(16)14-8-4-5-12(17)9-14/h4-5,8-11,13H,2-3,6-7H2,1H3,(H,19,22)/t11-/m1/s1. The zero-order valence-electron chi connectivity index (χ0n) is 12.9. The van der Waals surface area contributed by atoms with Crippen LogP contribution in [0, 0.1) is 0 Å². The lowest BCUT2D eigenvalue weighted by Gasteiger charge is -2.16. The van der Waals surface area contributed by atoms with Gasteiger partial charge in [-0.25, -0.2) is 0 Å². The first-order valence-corrected chi connectivity index (χ1v) is 9.02. The maximum atomic E-state index is 12.3. The zero-order chi connectivity index (χ0) is 16.2. The number of nitrogens with one attached hydrogen (secondary N) is 1. The van der Waals surface area contributed by atoms with E-state index in [1.54, 1.807) is 6.33 Å². The first kappa shape index (κ1) is 16.3. The van der Waals surface area contributed by atoms with Crippen molar-refractivity contribution >= 4 is 29.3 Å². The Morgan fingerprint density at radius 2 is 2.22 bits per heavy atom. The summed E-state index contributed by atoms with van der Waals surface area (Å²) in [6.07, 6.45) is 6.21. The molecule has 1 N–H and O–H groups in total. The molecule has 0 saturated heterocycles. The predicted molar refractivity (Wildman–Crippen MR) is 92.1 cm³/mol. The van der Waals surface area contributed by atoms with Crippen molar-refractivity contribution < 1.29 is 4.79 Å². The molecule has 122 valence electrons. The molecule has 1 amide bonds. The summed E-state index contributed by atoms with van der Waals surface area (Å²) in [7, 11) is 0. The van der Waals surface area contributed by atoms with Crippen LogP contribution in [-0.2, 0) is 4.79 Å². The predicted octanol–water partition coefficient (Wildman–Crippen LogP) is 3.46. The van der Waals surface area contributed by atoms with Crippen LogP contribution in [0.3, 0.4) is 0 Å². The van der Waals surface area contributed by atoms with Crippen molar-refractivity contribution in [1.29, 1.82) is 0 Å². The Morgan fingerprint density at radius 3 is 2.96 bits per heavy atom. The molecule has 3 rings (SSSR count). The fourth-order valence-corrected chi connectivity index (χ4v) is 3.74. The molecule has 0 spiro atoms. The van der Waals surface area contributed by atoms with Gasteiger partial charge in [-0.1, -0.05) is 42.3 Å². The highest BCUT2D eigenvalue weighted by molar-refractivity contribution is 8.00. The van der Waals surface area contributed by atoms with E-state index in [9.17, 15) is 4.79 Å². The number of amides is 1. The average molecular weight is 351 g/mol. The lowest BCUT2D eigenvalue weighted by atomic mass is 10.2. The van der Waals surface area contributed by atoms with E-state index in [-0.39, 0.29) is 11.2 Å². The van der Waals surface area contributed by atoms with Gasteiger partial charge in [-0.2, -0.15) is 0 Å². The second-order valence-corrected chi connectivity index (χ2v) is 7.46. The van der Waals surface area contributed by atoms with E-state index in [2.05, 4.69) is 15.5 Å². The van der Waals surface area contributed by atoms with Crippen LogP contribution in [0.5, 0.6) is 0 Å². The van der Waals surface area contributed by atoms with Crippen LogP contribution >= 0.6 is 23.4 Å². The quantitative estimate of drug-likeness (QED) is 0.839. The minimum Gasteiger partial charge on any atom is -0.352 e. The van der Waals surface area contributed by atoms with E-state index < -0.39 is 0 Å². The summed E-state index contributed by atoms with van der Waals surface area (Å²) in [5.41, 5.74) is 0.883. The lowest BCUT2D eigenvalue weighted by molar-refractivity contribution is -0.120. The number of carbonyl (C=O) groups is 1. The number of hydrogen-bond acceptors (Lipinski definition) is 4. The summed E-state index contributed by atoms with van der Waals surface area (Å²) in [5, 5.41) is 12.3. The van der Waals surface area contributed by atoms with Crippen LogP contribution in [0.25, 0.3) is 5.69 Å². The summed E-state index contributed by atoms with van der Waals surface area (Å²) >= 11 is 7.44. The van der Waals surface area contributed by atoms with Crippen LogP contribution in [0.2, 0.25) is 5.02 Å². The molecule has 0 aliphatic heterocycles. The molecule has 1 aliphatic carbocycles. The Morgan fingerprint density at radius 1 is 1.43 bits per heavy atom. The molecule has 0 bridgehead atoms. The van der Waals surface area contributed by atoms with Crippen molar-refractivity contribution in [1.82, 2.24) is 20.1 Å². The number of halogens is 1. The Kier molecular flexibility index (Phi) is 5.23. The summed E-state index contributed by atoms with van der Waals surface area (Å²) in [6.45, 7) is 1.89. The van der Waals surface area contributed by atoms with Gasteiger partial charge in [0.05, 0.1) is 10.9 Å². The number of benzene rings is 1. The number of aromatic nitrogens is 3. The third kappa shape index (κ3) is 4.06. The topological polar surface area (TPSA) is 59.8 Å². The van der Waals surface area contributed by atoms with Gasteiger partial charge in [-0.05, 0) is 38.0 Å². The van der Waals surface area contributed by atoms with Gasteiger partial charge in [0.25, 0.3) is 0 Å². The van der Waals surface area contributed by atoms with Gasteiger partial charge in [-0.3, -0.25) is 9.36 Å². The molecule has 7 heteroatoms. The fraction of sp³-hybridized carbons (Fsp3) is 0.438. The minimum absolute atomic E-state index is 0.0579. The second-order valence-electron chi connectivity index (χ2n) is 5.71. The number of thioether (sulfide) groups is 1. The van der Waals surface area contributed by atoms with Crippen molar-refractivity contribution in [2.24, 2.45) is 0 Å². The van der Waals surface area contributed by atoms with Crippen LogP contribution in [0.15, 0.2) is 35.7 Å². The maximum absolute atomic E-state index is 12.3. The summed E-state index contributed by atoms with van der Waals surface area (Å²) in [5.74, 6) is 0.0579. The van der Waals surface area contributed by atoms with Crippen molar-refractivity contribution in [3.05, 3.63) is 35.6 Å². The van der Waals surface area contributed by atoms with Gasteiger partial charge in [0.15, 0.2) is 5.16 Å². The Hall–Kier alpha value is -1.53. The molecule has 2 aromatic rings. The third-order valence-electron chi connectivity index (χ3n) is 3.96. The summed E-state index contributed by atoms with van der Waals surface area (Å²) in [6, 6.07) is 7.81. The molecule has 1 aliphatic rings. The molecule has 1 aromatic carbocycles. The Bertz CT molecular complexity index is 684.